The molecule has 0 heterocycles. The zero-order valence-corrected chi connectivity index (χ0v) is 12.6. The summed E-state index contributed by atoms with van der Waals surface area (Å²) in [6.07, 6.45) is -0.0846. The molecule has 0 amide bonds. The second-order valence-electron chi connectivity index (χ2n) is 2.33. The minimum Gasteiger partial charge on any atom is -0.368 e. The van der Waals surface area contributed by atoms with Crippen LogP contribution in [0.5, 0.6) is 0 Å². The molecular weight excluding hydrogens is 362 g/mol. The van der Waals surface area contributed by atoms with Crippen molar-refractivity contribution >= 4 is 51.1 Å². The quantitative estimate of drug-likeness (QED) is 0.507. The first-order valence-corrected chi connectivity index (χ1v) is 7.65. The third kappa shape index (κ3) is 6.05. The Hall–Kier alpha value is 1.36. The fraction of sp³-hybridized carbons (Fsp3) is 1.00. The molecule has 2 unspecified atom stereocenters. The van der Waals surface area contributed by atoms with Crippen LogP contribution in [-0.4, -0.2) is 36.3 Å². The minimum atomic E-state index is -3.07. The Morgan fingerprint density at radius 3 is 2.21 bits per heavy atom. The standard InChI is InChI=1S/C6H12Br2ClO4P/c1-11-14(10,12-2)4-13-3-5(7)6(8)9/h5-6H,3-4H2,1-2H3. The highest BCUT2D eigenvalue weighted by Gasteiger charge is 2.22. The van der Waals surface area contributed by atoms with E-state index in [4.69, 9.17) is 16.3 Å². The maximum atomic E-state index is 11.5. The van der Waals surface area contributed by atoms with Crippen LogP contribution in [0.1, 0.15) is 0 Å². The summed E-state index contributed by atoms with van der Waals surface area (Å²) in [4.78, 5) is -0.0636. The SMILES string of the molecule is COP(=O)(COCC(Br)C(Cl)Br)OC. The monoisotopic (exact) mass is 372 g/mol. The second-order valence-corrected chi connectivity index (χ2v) is 7.70. The Balaban J connectivity index is 3.78. The number of hydrogen-bond acceptors (Lipinski definition) is 4. The van der Waals surface area contributed by atoms with Crippen LogP contribution in [0.25, 0.3) is 0 Å². The highest BCUT2D eigenvalue weighted by atomic mass is 79.9. The Labute approximate surface area is 105 Å². The average Bonchev–Trinajstić information content (AvgIpc) is 2.17. The van der Waals surface area contributed by atoms with Crippen molar-refractivity contribution in [2.75, 3.05) is 27.2 Å². The largest absolute Gasteiger partial charge is 0.368 e. The lowest BCUT2D eigenvalue weighted by Gasteiger charge is -2.15. The van der Waals surface area contributed by atoms with E-state index in [1.165, 1.54) is 14.2 Å². The van der Waals surface area contributed by atoms with Crippen LogP contribution < -0.4 is 0 Å². The van der Waals surface area contributed by atoms with Crippen LogP contribution in [0, 0.1) is 0 Å². The van der Waals surface area contributed by atoms with Gasteiger partial charge in [0.1, 0.15) is 10.6 Å². The molecule has 8 heteroatoms. The fourth-order valence-electron chi connectivity index (χ4n) is 0.530. The van der Waals surface area contributed by atoms with Crippen molar-refractivity contribution in [2.45, 2.75) is 9.11 Å². The van der Waals surface area contributed by atoms with Gasteiger partial charge in [-0.25, -0.2) is 0 Å². The van der Waals surface area contributed by atoms with Gasteiger partial charge in [0.15, 0.2) is 0 Å². The number of ether oxygens (including phenoxy) is 1. The van der Waals surface area contributed by atoms with Crippen molar-refractivity contribution in [1.29, 1.82) is 0 Å². The van der Waals surface area contributed by atoms with Gasteiger partial charge in [0.2, 0.25) is 0 Å². The van der Waals surface area contributed by atoms with Crippen molar-refractivity contribution in [3.63, 3.8) is 0 Å². The molecule has 0 saturated heterocycles. The van der Waals surface area contributed by atoms with Crippen molar-refractivity contribution < 1.29 is 18.3 Å². The van der Waals surface area contributed by atoms with E-state index in [2.05, 4.69) is 40.9 Å². The molecule has 0 spiro atoms. The molecule has 0 aromatic rings. The number of hydrogen-bond donors (Lipinski definition) is 0. The minimum absolute atomic E-state index is 0.0636. The van der Waals surface area contributed by atoms with Crippen LogP contribution >= 0.6 is 51.1 Å². The van der Waals surface area contributed by atoms with Gasteiger partial charge in [0.25, 0.3) is 0 Å². The van der Waals surface area contributed by atoms with E-state index in [-0.39, 0.29) is 15.5 Å². The van der Waals surface area contributed by atoms with E-state index in [9.17, 15) is 4.57 Å². The maximum Gasteiger partial charge on any atom is 0.355 e. The van der Waals surface area contributed by atoms with Crippen LogP contribution in [0.2, 0.25) is 0 Å². The normalized spacial score (nSPS) is 16.6. The Bertz CT molecular complexity index is 196. The average molecular weight is 374 g/mol. The highest BCUT2D eigenvalue weighted by Crippen LogP contribution is 2.46. The lowest BCUT2D eigenvalue weighted by atomic mass is 10.5. The molecule has 0 aliphatic rings. The Morgan fingerprint density at radius 2 is 1.86 bits per heavy atom. The summed E-state index contributed by atoms with van der Waals surface area (Å²) in [6, 6.07) is 0. The molecule has 0 aromatic carbocycles. The molecule has 0 rings (SSSR count). The molecule has 0 saturated carbocycles. The second kappa shape index (κ2) is 7.60. The number of rotatable bonds is 7. The van der Waals surface area contributed by atoms with Crippen molar-refractivity contribution in [3.8, 4) is 0 Å². The first-order valence-electron chi connectivity index (χ1n) is 3.65. The summed E-state index contributed by atoms with van der Waals surface area (Å²) in [5.41, 5.74) is 0. The van der Waals surface area contributed by atoms with E-state index in [0.29, 0.717) is 6.61 Å². The van der Waals surface area contributed by atoms with Crippen LogP contribution in [0.15, 0.2) is 0 Å². The molecular formula is C6H12Br2ClO4P. The van der Waals surface area contributed by atoms with Gasteiger partial charge in [-0.05, 0) is 0 Å². The third-order valence-corrected chi connectivity index (χ3v) is 5.72. The molecule has 86 valence electrons. The van der Waals surface area contributed by atoms with E-state index in [1.54, 1.807) is 0 Å². The molecule has 14 heavy (non-hydrogen) atoms. The highest BCUT2D eigenvalue weighted by molar-refractivity contribution is 9.12. The molecule has 0 bridgehead atoms. The lowest BCUT2D eigenvalue weighted by Crippen LogP contribution is -2.16. The summed E-state index contributed by atoms with van der Waals surface area (Å²) < 4.78 is 25.7. The lowest BCUT2D eigenvalue weighted by molar-refractivity contribution is 0.149. The van der Waals surface area contributed by atoms with Crippen molar-refractivity contribution in [1.82, 2.24) is 0 Å². The van der Waals surface area contributed by atoms with Gasteiger partial charge in [-0.1, -0.05) is 31.9 Å². The first kappa shape index (κ1) is 15.4. The first-order chi connectivity index (χ1) is 6.45. The van der Waals surface area contributed by atoms with Crippen molar-refractivity contribution in [2.24, 2.45) is 0 Å². The zero-order chi connectivity index (χ0) is 11.2. The summed E-state index contributed by atoms with van der Waals surface area (Å²) >= 11 is 12.1. The van der Waals surface area contributed by atoms with Gasteiger partial charge in [-0.15, -0.1) is 11.6 Å². The summed E-state index contributed by atoms with van der Waals surface area (Å²) in [6.45, 7) is 0.316. The number of alkyl halides is 3. The summed E-state index contributed by atoms with van der Waals surface area (Å²) in [5.74, 6) is 0. The van der Waals surface area contributed by atoms with Gasteiger partial charge in [-0.2, -0.15) is 0 Å². The fourth-order valence-corrected chi connectivity index (χ4v) is 1.63. The molecule has 4 nitrogen and oxygen atoms in total. The van der Waals surface area contributed by atoms with E-state index in [0.717, 1.165) is 0 Å². The molecule has 0 N–H and O–H groups in total. The summed E-state index contributed by atoms with van der Waals surface area (Å²) in [5, 5.41) is 0. The third-order valence-electron chi connectivity index (χ3n) is 1.36. The molecule has 0 aromatic heterocycles. The van der Waals surface area contributed by atoms with Gasteiger partial charge < -0.3 is 13.8 Å². The van der Waals surface area contributed by atoms with E-state index < -0.39 is 7.60 Å². The maximum absolute atomic E-state index is 11.5. The molecule has 2 atom stereocenters. The Morgan fingerprint density at radius 1 is 1.36 bits per heavy atom. The van der Waals surface area contributed by atoms with Gasteiger partial charge >= 0.3 is 7.60 Å². The molecule has 0 radical (unpaired) electrons. The smallest absolute Gasteiger partial charge is 0.355 e. The van der Waals surface area contributed by atoms with Crippen LogP contribution in [0.3, 0.4) is 0 Å². The molecule has 0 aliphatic carbocycles. The van der Waals surface area contributed by atoms with E-state index >= 15 is 0 Å². The van der Waals surface area contributed by atoms with Crippen LogP contribution in [0.4, 0.5) is 0 Å². The van der Waals surface area contributed by atoms with Crippen LogP contribution in [-0.2, 0) is 18.3 Å². The van der Waals surface area contributed by atoms with Gasteiger partial charge in [0.05, 0.1) is 11.4 Å². The topological polar surface area (TPSA) is 44.8 Å². The predicted octanol–water partition coefficient (Wildman–Crippen LogP) is 3.17. The van der Waals surface area contributed by atoms with Gasteiger partial charge in [0, 0.05) is 14.2 Å². The Kier molecular flexibility index (Phi) is 8.34. The van der Waals surface area contributed by atoms with E-state index in [1.807, 2.05) is 0 Å². The summed E-state index contributed by atoms with van der Waals surface area (Å²) in [7, 11) is -0.442. The zero-order valence-electron chi connectivity index (χ0n) is 7.78. The van der Waals surface area contributed by atoms with Crippen molar-refractivity contribution in [3.05, 3.63) is 0 Å². The van der Waals surface area contributed by atoms with Gasteiger partial charge in [-0.3, -0.25) is 4.57 Å². The molecule has 0 fully saturated rings. The predicted molar refractivity (Wildman–Crippen MR) is 63.7 cm³/mol. The number of halogens is 3. The molecule has 0 aliphatic heterocycles.